The van der Waals surface area contributed by atoms with Gasteiger partial charge in [0.25, 0.3) is 0 Å². The van der Waals surface area contributed by atoms with Crippen molar-refractivity contribution in [2.24, 2.45) is 0 Å². The van der Waals surface area contributed by atoms with Crippen LogP contribution in [0.25, 0.3) is 0 Å². The number of benzene rings is 2. The molecule has 0 N–H and O–H groups in total. The van der Waals surface area contributed by atoms with E-state index in [1.807, 2.05) is 37.3 Å². The summed E-state index contributed by atoms with van der Waals surface area (Å²) in [7, 11) is 4.18. The van der Waals surface area contributed by atoms with Crippen LogP contribution >= 0.6 is 0 Å². The first-order valence-corrected chi connectivity index (χ1v) is 10.0. The molecule has 1 aliphatic rings. The summed E-state index contributed by atoms with van der Waals surface area (Å²) >= 11 is 0. The van der Waals surface area contributed by atoms with Crippen molar-refractivity contribution in [1.29, 1.82) is 0 Å². The molecule has 144 valence electrons. The largest absolute Gasteiger partial charge is 0.462 e. The Morgan fingerprint density at radius 1 is 1.00 bits per heavy atom. The molecule has 0 spiro atoms. The molecule has 3 heteroatoms. The van der Waals surface area contributed by atoms with Gasteiger partial charge in [0.15, 0.2) is 0 Å². The molecular weight excluding hydrogens is 334 g/mol. The van der Waals surface area contributed by atoms with Crippen LogP contribution in [-0.4, -0.2) is 31.1 Å². The summed E-state index contributed by atoms with van der Waals surface area (Å²) in [4.78, 5) is 14.6. The van der Waals surface area contributed by atoms with Crippen molar-refractivity contribution in [1.82, 2.24) is 4.90 Å². The molecule has 0 saturated heterocycles. The van der Waals surface area contributed by atoms with Gasteiger partial charge in [-0.15, -0.1) is 0 Å². The number of esters is 1. The molecule has 1 unspecified atom stereocenters. The second kappa shape index (κ2) is 9.18. The number of nitrogens with zero attached hydrogens (tertiary/aromatic N) is 1. The maximum atomic E-state index is 12.5. The Kier molecular flexibility index (Phi) is 6.68. The highest BCUT2D eigenvalue weighted by atomic mass is 16.5. The van der Waals surface area contributed by atoms with Crippen LogP contribution in [0.3, 0.4) is 0 Å². The number of rotatable bonds is 6. The highest BCUT2D eigenvalue weighted by Crippen LogP contribution is 2.34. The van der Waals surface area contributed by atoms with Crippen molar-refractivity contribution >= 4 is 5.97 Å². The van der Waals surface area contributed by atoms with Gasteiger partial charge in [-0.2, -0.15) is 0 Å². The van der Waals surface area contributed by atoms with E-state index < -0.39 is 0 Å². The molecule has 0 bridgehead atoms. The van der Waals surface area contributed by atoms with Gasteiger partial charge in [0, 0.05) is 6.54 Å². The van der Waals surface area contributed by atoms with Gasteiger partial charge in [-0.25, -0.2) is 0 Å². The molecule has 2 aromatic carbocycles. The Labute approximate surface area is 163 Å². The lowest BCUT2D eigenvalue weighted by atomic mass is 9.82. The van der Waals surface area contributed by atoms with E-state index >= 15 is 0 Å². The number of ether oxygens (including phenoxy) is 1. The van der Waals surface area contributed by atoms with Crippen molar-refractivity contribution < 1.29 is 9.53 Å². The van der Waals surface area contributed by atoms with E-state index in [4.69, 9.17) is 4.74 Å². The minimum Gasteiger partial charge on any atom is -0.462 e. The molecule has 3 rings (SSSR count). The molecule has 0 radical (unpaired) electrons. The second-order valence-electron chi connectivity index (χ2n) is 8.02. The van der Waals surface area contributed by atoms with Crippen LogP contribution in [0.2, 0.25) is 0 Å². The SMILES string of the molecule is CC(C(=O)O[C@H]1CC[C@@H](c2ccc(CN(C)C)cc2)CC1)c1ccccc1. The summed E-state index contributed by atoms with van der Waals surface area (Å²) < 4.78 is 5.81. The molecule has 3 nitrogen and oxygen atoms in total. The van der Waals surface area contributed by atoms with E-state index in [1.54, 1.807) is 0 Å². The molecule has 0 aliphatic heterocycles. The third-order valence-electron chi connectivity index (χ3n) is 5.56. The third kappa shape index (κ3) is 5.43. The van der Waals surface area contributed by atoms with Gasteiger partial charge in [0.1, 0.15) is 6.10 Å². The summed E-state index contributed by atoms with van der Waals surface area (Å²) in [5.41, 5.74) is 3.79. The van der Waals surface area contributed by atoms with E-state index in [0.717, 1.165) is 37.8 Å². The number of carbonyl (C=O) groups is 1. The van der Waals surface area contributed by atoms with Crippen molar-refractivity contribution in [3.8, 4) is 0 Å². The summed E-state index contributed by atoms with van der Waals surface area (Å²) in [6, 6.07) is 18.9. The lowest BCUT2D eigenvalue weighted by Crippen LogP contribution is -2.26. The molecule has 0 aromatic heterocycles. The van der Waals surface area contributed by atoms with E-state index in [-0.39, 0.29) is 18.0 Å². The van der Waals surface area contributed by atoms with Gasteiger partial charge < -0.3 is 9.64 Å². The van der Waals surface area contributed by atoms with Crippen molar-refractivity contribution in [3.63, 3.8) is 0 Å². The zero-order valence-electron chi connectivity index (χ0n) is 16.7. The van der Waals surface area contributed by atoms with Crippen LogP contribution in [0, 0.1) is 0 Å². The Bertz CT molecular complexity index is 716. The number of hydrogen-bond donors (Lipinski definition) is 0. The topological polar surface area (TPSA) is 29.5 Å². The highest BCUT2D eigenvalue weighted by molar-refractivity contribution is 5.77. The monoisotopic (exact) mass is 365 g/mol. The predicted molar refractivity (Wildman–Crippen MR) is 110 cm³/mol. The van der Waals surface area contributed by atoms with Crippen LogP contribution in [-0.2, 0) is 16.1 Å². The smallest absolute Gasteiger partial charge is 0.313 e. The fraction of sp³-hybridized carbons (Fsp3) is 0.458. The first kappa shape index (κ1) is 19.6. The fourth-order valence-electron chi connectivity index (χ4n) is 3.92. The Morgan fingerprint density at radius 2 is 1.63 bits per heavy atom. The van der Waals surface area contributed by atoms with Gasteiger partial charge in [0.05, 0.1) is 5.92 Å². The third-order valence-corrected chi connectivity index (χ3v) is 5.56. The molecule has 1 saturated carbocycles. The molecule has 1 fully saturated rings. The molecular formula is C24H31NO2. The number of carbonyl (C=O) groups excluding carboxylic acids is 1. The average Bonchev–Trinajstić information content (AvgIpc) is 2.69. The van der Waals surface area contributed by atoms with E-state index in [1.165, 1.54) is 11.1 Å². The zero-order chi connectivity index (χ0) is 19.2. The molecule has 0 amide bonds. The fourth-order valence-corrected chi connectivity index (χ4v) is 3.92. The van der Waals surface area contributed by atoms with Crippen LogP contribution < -0.4 is 0 Å². The number of hydrogen-bond acceptors (Lipinski definition) is 3. The Hall–Kier alpha value is -2.13. The molecule has 1 atom stereocenters. The first-order chi connectivity index (χ1) is 13.0. The van der Waals surface area contributed by atoms with Crippen LogP contribution in [0.15, 0.2) is 54.6 Å². The van der Waals surface area contributed by atoms with Crippen molar-refractivity contribution in [2.75, 3.05) is 14.1 Å². The maximum absolute atomic E-state index is 12.5. The minimum atomic E-state index is -0.201. The standard InChI is InChI=1S/C24H31NO2/c1-18(20-7-5-4-6-8-20)24(26)27-23-15-13-22(14-16-23)21-11-9-19(10-12-21)17-25(2)3/h4-12,18,22-23H,13-17H2,1-3H3/t18?,22-,23+. The Balaban J connectivity index is 1.49. The Morgan fingerprint density at radius 3 is 2.22 bits per heavy atom. The lowest BCUT2D eigenvalue weighted by Gasteiger charge is -2.29. The van der Waals surface area contributed by atoms with E-state index in [9.17, 15) is 4.79 Å². The van der Waals surface area contributed by atoms with Crippen LogP contribution in [0.4, 0.5) is 0 Å². The van der Waals surface area contributed by atoms with E-state index in [0.29, 0.717) is 5.92 Å². The van der Waals surface area contributed by atoms with Gasteiger partial charge in [0.2, 0.25) is 0 Å². The summed E-state index contributed by atoms with van der Waals surface area (Å²) in [6.07, 6.45) is 4.15. The second-order valence-corrected chi connectivity index (χ2v) is 8.02. The molecule has 0 heterocycles. The van der Waals surface area contributed by atoms with Crippen LogP contribution in [0.1, 0.15) is 61.1 Å². The first-order valence-electron chi connectivity index (χ1n) is 10.0. The minimum absolute atomic E-state index is 0.0629. The summed E-state index contributed by atoms with van der Waals surface area (Å²) in [6.45, 7) is 2.90. The van der Waals surface area contributed by atoms with Gasteiger partial charge in [-0.1, -0.05) is 54.6 Å². The van der Waals surface area contributed by atoms with Crippen molar-refractivity contribution in [2.45, 2.75) is 57.1 Å². The highest BCUT2D eigenvalue weighted by Gasteiger charge is 2.27. The van der Waals surface area contributed by atoms with Crippen LogP contribution in [0.5, 0.6) is 0 Å². The summed E-state index contributed by atoms with van der Waals surface area (Å²) in [5, 5.41) is 0. The summed E-state index contributed by atoms with van der Waals surface area (Å²) in [5.74, 6) is 0.283. The molecule has 1 aliphatic carbocycles. The van der Waals surface area contributed by atoms with Gasteiger partial charge >= 0.3 is 5.97 Å². The predicted octanol–water partition coefficient (Wildman–Crippen LogP) is 5.12. The van der Waals surface area contributed by atoms with Gasteiger partial charge in [-0.05, 0) is 69.3 Å². The zero-order valence-corrected chi connectivity index (χ0v) is 16.7. The maximum Gasteiger partial charge on any atom is 0.313 e. The van der Waals surface area contributed by atoms with Crippen molar-refractivity contribution in [3.05, 3.63) is 71.3 Å². The quantitative estimate of drug-likeness (QED) is 0.665. The van der Waals surface area contributed by atoms with E-state index in [2.05, 4.69) is 43.3 Å². The lowest BCUT2D eigenvalue weighted by molar-refractivity contribution is -0.152. The normalized spacial score (nSPS) is 21.0. The molecule has 2 aromatic rings. The van der Waals surface area contributed by atoms with Gasteiger partial charge in [-0.3, -0.25) is 4.79 Å². The molecule has 27 heavy (non-hydrogen) atoms. The average molecular weight is 366 g/mol.